The van der Waals surface area contributed by atoms with Crippen molar-refractivity contribution >= 4 is 62.3 Å². The van der Waals surface area contributed by atoms with Crippen molar-refractivity contribution in [3.63, 3.8) is 0 Å². The molecule has 0 unspecified atom stereocenters. The third kappa shape index (κ3) is 7.81. The smallest absolute Gasteiger partial charge is 0.339 e. The number of nitrogens with zero attached hydrogens (tertiary/aromatic N) is 1. The molecular weight excluding hydrogens is 592 g/mol. The lowest BCUT2D eigenvalue weighted by Crippen LogP contribution is -2.32. The molecule has 1 fully saturated rings. The zero-order chi connectivity index (χ0) is 29.6. The van der Waals surface area contributed by atoms with Gasteiger partial charge in [0.25, 0.3) is 11.1 Å². The van der Waals surface area contributed by atoms with Gasteiger partial charge >= 0.3 is 10.1 Å². The minimum atomic E-state index is -4.23. The number of hydrogen-bond donors (Lipinski definition) is 1. The normalized spacial score (nSPS) is 14.3. The summed E-state index contributed by atoms with van der Waals surface area (Å²) in [6.45, 7) is 3.46. The summed E-state index contributed by atoms with van der Waals surface area (Å²) in [5.74, 6) is -0.112. The van der Waals surface area contributed by atoms with Gasteiger partial charge < -0.3 is 19.0 Å². The molecule has 0 radical (unpaired) electrons. The number of rotatable bonds is 11. The van der Waals surface area contributed by atoms with Crippen molar-refractivity contribution in [2.24, 2.45) is 0 Å². The SMILES string of the molecule is CCOc1cc(/C=C2\SC(=O)N(CCOc3ccc(Cl)cc3)C2=O)ccc1OS(=O)(=O)c1ccc(NC(C)=O)cc1. The van der Waals surface area contributed by atoms with Crippen LogP contribution >= 0.6 is 23.4 Å². The highest BCUT2D eigenvalue weighted by Crippen LogP contribution is 2.35. The maximum absolute atomic E-state index is 12.9. The molecular formula is C28H25ClN2O8S2. The molecule has 3 aromatic rings. The Morgan fingerprint density at radius 2 is 1.71 bits per heavy atom. The van der Waals surface area contributed by atoms with E-state index in [0.29, 0.717) is 22.0 Å². The summed E-state index contributed by atoms with van der Waals surface area (Å²) in [5.41, 5.74) is 0.940. The van der Waals surface area contributed by atoms with Gasteiger partial charge in [-0.1, -0.05) is 17.7 Å². The fourth-order valence-corrected chi connectivity index (χ4v) is 5.59. The van der Waals surface area contributed by atoms with Crippen LogP contribution in [-0.2, 0) is 19.7 Å². The number of nitrogens with one attached hydrogen (secondary N) is 1. The fourth-order valence-electron chi connectivity index (χ4n) is 3.66. The molecule has 41 heavy (non-hydrogen) atoms. The van der Waals surface area contributed by atoms with Crippen LogP contribution in [0.3, 0.4) is 0 Å². The topological polar surface area (TPSA) is 128 Å². The van der Waals surface area contributed by atoms with Crippen LogP contribution in [0.25, 0.3) is 6.08 Å². The number of carbonyl (C=O) groups is 3. The van der Waals surface area contributed by atoms with E-state index in [1.54, 1.807) is 37.3 Å². The monoisotopic (exact) mass is 616 g/mol. The lowest BCUT2D eigenvalue weighted by atomic mass is 10.2. The molecule has 0 bridgehead atoms. The first-order valence-electron chi connectivity index (χ1n) is 12.3. The van der Waals surface area contributed by atoms with Crippen molar-refractivity contribution < 1.29 is 36.5 Å². The van der Waals surface area contributed by atoms with Crippen LogP contribution in [0.1, 0.15) is 19.4 Å². The third-order valence-electron chi connectivity index (χ3n) is 5.50. The van der Waals surface area contributed by atoms with Crippen LogP contribution < -0.4 is 19.0 Å². The maximum atomic E-state index is 12.9. The fraction of sp³-hybridized carbons (Fsp3) is 0.179. The van der Waals surface area contributed by atoms with Gasteiger partial charge in [-0.25, -0.2) is 0 Å². The summed E-state index contributed by atoms with van der Waals surface area (Å²) in [4.78, 5) is 37.8. The van der Waals surface area contributed by atoms with Crippen LogP contribution in [0.2, 0.25) is 5.02 Å². The molecule has 1 saturated heterocycles. The first-order chi connectivity index (χ1) is 19.6. The molecule has 3 aromatic carbocycles. The maximum Gasteiger partial charge on any atom is 0.339 e. The Labute approximate surface area is 246 Å². The van der Waals surface area contributed by atoms with Crippen molar-refractivity contribution in [2.75, 3.05) is 25.1 Å². The summed E-state index contributed by atoms with van der Waals surface area (Å²) < 4.78 is 42.3. The number of ether oxygens (including phenoxy) is 2. The molecule has 4 rings (SSSR count). The summed E-state index contributed by atoms with van der Waals surface area (Å²) in [7, 11) is -4.23. The summed E-state index contributed by atoms with van der Waals surface area (Å²) in [6, 6.07) is 16.7. The van der Waals surface area contributed by atoms with E-state index >= 15 is 0 Å². The van der Waals surface area contributed by atoms with Crippen molar-refractivity contribution in [1.29, 1.82) is 0 Å². The lowest BCUT2D eigenvalue weighted by molar-refractivity contribution is -0.123. The molecule has 10 nitrogen and oxygen atoms in total. The molecule has 0 aromatic heterocycles. The quantitative estimate of drug-likeness (QED) is 0.217. The third-order valence-corrected chi connectivity index (χ3v) is 7.91. The second kappa shape index (κ2) is 13.1. The molecule has 1 aliphatic heterocycles. The first kappa shape index (κ1) is 30.0. The summed E-state index contributed by atoms with van der Waals surface area (Å²) >= 11 is 6.65. The lowest BCUT2D eigenvalue weighted by Gasteiger charge is -2.13. The Kier molecular flexibility index (Phi) is 9.58. The van der Waals surface area contributed by atoms with Crippen molar-refractivity contribution in [3.05, 3.63) is 82.2 Å². The van der Waals surface area contributed by atoms with Gasteiger partial charge in [0, 0.05) is 17.6 Å². The molecule has 1 N–H and O–H groups in total. The number of hydrogen-bond acceptors (Lipinski definition) is 9. The van der Waals surface area contributed by atoms with Crippen molar-refractivity contribution in [1.82, 2.24) is 4.90 Å². The molecule has 1 heterocycles. The minimum Gasteiger partial charge on any atom is -0.492 e. The number of benzene rings is 3. The van der Waals surface area contributed by atoms with Crippen LogP contribution in [0.4, 0.5) is 10.5 Å². The van der Waals surface area contributed by atoms with Gasteiger partial charge in [-0.05, 0) is 91.0 Å². The number of imide groups is 1. The molecule has 13 heteroatoms. The molecule has 1 aliphatic rings. The van der Waals surface area contributed by atoms with Gasteiger partial charge in [-0.3, -0.25) is 19.3 Å². The van der Waals surface area contributed by atoms with E-state index in [4.69, 9.17) is 25.3 Å². The van der Waals surface area contributed by atoms with E-state index in [9.17, 15) is 22.8 Å². The van der Waals surface area contributed by atoms with Crippen LogP contribution in [0.5, 0.6) is 17.2 Å². The predicted molar refractivity (Wildman–Crippen MR) is 156 cm³/mol. The van der Waals surface area contributed by atoms with E-state index in [-0.39, 0.29) is 47.0 Å². The van der Waals surface area contributed by atoms with E-state index in [0.717, 1.165) is 16.7 Å². The average Bonchev–Trinajstić information content (AvgIpc) is 3.18. The highest BCUT2D eigenvalue weighted by molar-refractivity contribution is 8.18. The number of amides is 3. The molecule has 0 spiro atoms. The zero-order valence-corrected chi connectivity index (χ0v) is 24.3. The Morgan fingerprint density at radius 1 is 1.00 bits per heavy atom. The number of halogens is 1. The minimum absolute atomic E-state index is 0.0533. The predicted octanol–water partition coefficient (Wildman–Crippen LogP) is 5.58. The molecule has 0 aliphatic carbocycles. The van der Waals surface area contributed by atoms with Gasteiger partial charge in [0.2, 0.25) is 5.91 Å². The number of carbonyl (C=O) groups excluding carboxylic acids is 3. The largest absolute Gasteiger partial charge is 0.492 e. The van der Waals surface area contributed by atoms with Crippen LogP contribution in [-0.4, -0.2) is 50.1 Å². The highest BCUT2D eigenvalue weighted by atomic mass is 35.5. The highest BCUT2D eigenvalue weighted by Gasteiger charge is 2.35. The van der Waals surface area contributed by atoms with Crippen molar-refractivity contribution in [2.45, 2.75) is 18.7 Å². The Morgan fingerprint density at radius 3 is 2.37 bits per heavy atom. The standard InChI is InChI=1S/C28H25ClN2O8S2/c1-3-37-25-16-19(4-13-24(25)39-41(35,36)23-11-7-21(8-12-23)30-18(2)32)17-26-27(33)31(28(34)40-26)14-15-38-22-9-5-20(29)6-10-22/h4-13,16-17H,3,14-15H2,1-2H3,(H,30,32)/b26-17-. The Hall–Kier alpha value is -4.00. The van der Waals surface area contributed by atoms with Gasteiger partial charge in [0.15, 0.2) is 11.5 Å². The van der Waals surface area contributed by atoms with Gasteiger partial charge in [0.1, 0.15) is 17.3 Å². The molecule has 214 valence electrons. The number of anilines is 1. The summed E-state index contributed by atoms with van der Waals surface area (Å²) in [6.07, 6.45) is 1.52. The Balaban J connectivity index is 1.46. The van der Waals surface area contributed by atoms with Crippen LogP contribution in [0.15, 0.2) is 76.5 Å². The number of thioether (sulfide) groups is 1. The van der Waals surface area contributed by atoms with E-state index in [1.807, 2.05) is 0 Å². The van der Waals surface area contributed by atoms with Gasteiger partial charge in [0.05, 0.1) is 18.1 Å². The van der Waals surface area contributed by atoms with E-state index < -0.39 is 21.3 Å². The van der Waals surface area contributed by atoms with Gasteiger partial charge in [-0.15, -0.1) is 0 Å². The van der Waals surface area contributed by atoms with E-state index in [2.05, 4.69) is 5.32 Å². The second-order valence-corrected chi connectivity index (χ2v) is 11.5. The molecule has 0 atom stereocenters. The van der Waals surface area contributed by atoms with Crippen LogP contribution in [0, 0.1) is 0 Å². The van der Waals surface area contributed by atoms with Gasteiger partial charge in [-0.2, -0.15) is 8.42 Å². The molecule has 0 saturated carbocycles. The van der Waals surface area contributed by atoms with Crippen molar-refractivity contribution in [3.8, 4) is 17.2 Å². The summed E-state index contributed by atoms with van der Waals surface area (Å²) in [5, 5.41) is 2.70. The van der Waals surface area contributed by atoms with E-state index in [1.165, 1.54) is 49.4 Å². The Bertz CT molecular complexity index is 1590. The average molecular weight is 617 g/mol. The first-order valence-corrected chi connectivity index (χ1v) is 14.9. The molecule has 3 amide bonds. The second-order valence-electron chi connectivity index (χ2n) is 8.52. The zero-order valence-electron chi connectivity index (χ0n) is 22.0.